The summed E-state index contributed by atoms with van der Waals surface area (Å²) in [6.45, 7) is 10.2. The summed E-state index contributed by atoms with van der Waals surface area (Å²) in [4.78, 5) is 12.8. The molecule has 3 heteroatoms. The lowest BCUT2D eigenvalue weighted by Gasteiger charge is -2.21. The molecule has 0 fully saturated rings. The van der Waals surface area contributed by atoms with E-state index in [4.69, 9.17) is 4.74 Å². The molecule has 0 aliphatic carbocycles. The number of rotatable bonds is 7. The number of hydrogen-bond acceptors (Lipinski definition) is 2. The van der Waals surface area contributed by atoms with Crippen molar-refractivity contribution in [3.05, 3.63) is 58.7 Å². The maximum absolute atomic E-state index is 12.8. The minimum Gasteiger partial charge on any atom is -0.480 e. The number of benzene rings is 2. The number of amides is 1. The van der Waals surface area contributed by atoms with Crippen LogP contribution in [0.2, 0.25) is 0 Å². The van der Waals surface area contributed by atoms with Gasteiger partial charge in [-0.15, -0.1) is 0 Å². The first kappa shape index (κ1) is 19.0. The van der Waals surface area contributed by atoms with Crippen LogP contribution in [-0.4, -0.2) is 12.0 Å². The normalized spacial score (nSPS) is 11.9. The molecule has 2 aromatic carbocycles. The summed E-state index contributed by atoms with van der Waals surface area (Å²) in [5.74, 6) is 0.685. The van der Waals surface area contributed by atoms with Crippen LogP contribution in [0.5, 0.6) is 5.75 Å². The van der Waals surface area contributed by atoms with E-state index in [0.717, 1.165) is 41.0 Å². The fourth-order valence-electron chi connectivity index (χ4n) is 3.01. The molecule has 134 valence electrons. The summed E-state index contributed by atoms with van der Waals surface area (Å²) in [6.07, 6.45) is 1.89. The van der Waals surface area contributed by atoms with Crippen molar-refractivity contribution in [2.75, 3.05) is 5.32 Å². The van der Waals surface area contributed by atoms with Gasteiger partial charge in [-0.2, -0.15) is 0 Å². The van der Waals surface area contributed by atoms with Crippen molar-refractivity contribution < 1.29 is 9.53 Å². The van der Waals surface area contributed by atoms with Crippen molar-refractivity contribution >= 4 is 11.6 Å². The molecule has 0 aliphatic rings. The molecular weight excluding hydrogens is 310 g/mol. The predicted molar refractivity (Wildman–Crippen MR) is 104 cm³/mol. The van der Waals surface area contributed by atoms with E-state index < -0.39 is 6.10 Å². The van der Waals surface area contributed by atoms with Gasteiger partial charge < -0.3 is 10.1 Å². The van der Waals surface area contributed by atoms with E-state index in [0.29, 0.717) is 6.42 Å². The van der Waals surface area contributed by atoms with Gasteiger partial charge in [0.2, 0.25) is 0 Å². The number of anilines is 1. The maximum Gasteiger partial charge on any atom is 0.265 e. The highest BCUT2D eigenvalue weighted by atomic mass is 16.5. The maximum atomic E-state index is 12.8. The average molecular weight is 339 g/mol. The SMILES string of the molecule is CCc1cccc(CC)c1NC(=O)C(CC)Oc1ccc(C)cc1C. The Morgan fingerprint density at radius 2 is 1.68 bits per heavy atom. The molecule has 1 unspecified atom stereocenters. The minimum absolute atomic E-state index is 0.0851. The highest BCUT2D eigenvalue weighted by molar-refractivity contribution is 5.95. The van der Waals surface area contributed by atoms with Gasteiger partial charge in [-0.1, -0.05) is 56.7 Å². The van der Waals surface area contributed by atoms with Gasteiger partial charge in [0.05, 0.1) is 0 Å². The molecule has 3 nitrogen and oxygen atoms in total. The third-order valence-corrected chi connectivity index (χ3v) is 4.51. The molecule has 0 saturated heterocycles. The summed E-state index contributed by atoms with van der Waals surface area (Å²) in [5, 5.41) is 3.12. The molecule has 0 spiro atoms. The Balaban J connectivity index is 2.21. The lowest BCUT2D eigenvalue weighted by molar-refractivity contribution is -0.122. The van der Waals surface area contributed by atoms with Crippen LogP contribution >= 0.6 is 0 Å². The van der Waals surface area contributed by atoms with Gasteiger partial charge in [0, 0.05) is 5.69 Å². The van der Waals surface area contributed by atoms with Gasteiger partial charge in [0.1, 0.15) is 5.75 Å². The van der Waals surface area contributed by atoms with E-state index in [2.05, 4.69) is 50.4 Å². The molecule has 1 N–H and O–H groups in total. The van der Waals surface area contributed by atoms with Gasteiger partial charge in [-0.05, 0) is 55.9 Å². The van der Waals surface area contributed by atoms with E-state index in [1.165, 1.54) is 5.56 Å². The second-order valence-electron chi connectivity index (χ2n) is 6.43. The lowest BCUT2D eigenvalue weighted by atomic mass is 10.0. The Hall–Kier alpha value is -2.29. The Labute approximate surface area is 151 Å². The quantitative estimate of drug-likeness (QED) is 0.750. The minimum atomic E-state index is -0.504. The first-order chi connectivity index (χ1) is 12.0. The molecule has 0 heterocycles. The Kier molecular flexibility index (Phi) is 6.63. The van der Waals surface area contributed by atoms with E-state index in [1.54, 1.807) is 0 Å². The third kappa shape index (κ3) is 4.62. The van der Waals surface area contributed by atoms with Crippen LogP contribution in [0.4, 0.5) is 5.69 Å². The van der Waals surface area contributed by atoms with Gasteiger partial charge in [0.15, 0.2) is 6.10 Å². The molecule has 1 atom stereocenters. The van der Waals surface area contributed by atoms with Crippen LogP contribution in [0, 0.1) is 13.8 Å². The van der Waals surface area contributed by atoms with Gasteiger partial charge in [-0.25, -0.2) is 0 Å². The van der Waals surface area contributed by atoms with Crippen molar-refractivity contribution in [1.29, 1.82) is 0 Å². The van der Waals surface area contributed by atoms with Crippen molar-refractivity contribution in [2.24, 2.45) is 0 Å². The van der Waals surface area contributed by atoms with Crippen LogP contribution < -0.4 is 10.1 Å². The van der Waals surface area contributed by atoms with Crippen LogP contribution in [0.25, 0.3) is 0 Å². The molecule has 0 aromatic heterocycles. The van der Waals surface area contributed by atoms with Gasteiger partial charge in [-0.3, -0.25) is 4.79 Å². The molecule has 25 heavy (non-hydrogen) atoms. The largest absolute Gasteiger partial charge is 0.480 e. The highest BCUT2D eigenvalue weighted by Crippen LogP contribution is 2.25. The van der Waals surface area contributed by atoms with Gasteiger partial charge in [0.25, 0.3) is 5.91 Å². The number of ether oxygens (including phenoxy) is 1. The zero-order chi connectivity index (χ0) is 18.4. The first-order valence-corrected chi connectivity index (χ1v) is 9.15. The summed E-state index contributed by atoms with van der Waals surface area (Å²) in [5.41, 5.74) is 5.50. The Morgan fingerprint density at radius 1 is 1.04 bits per heavy atom. The van der Waals surface area contributed by atoms with E-state index in [-0.39, 0.29) is 5.91 Å². The van der Waals surface area contributed by atoms with Crippen molar-refractivity contribution in [3.8, 4) is 5.75 Å². The Morgan fingerprint density at radius 3 is 2.20 bits per heavy atom. The van der Waals surface area contributed by atoms with Crippen LogP contribution in [0.3, 0.4) is 0 Å². The van der Waals surface area contributed by atoms with Crippen molar-refractivity contribution in [2.45, 2.75) is 60.0 Å². The number of para-hydroxylation sites is 1. The number of carbonyl (C=O) groups excluding carboxylic acids is 1. The van der Waals surface area contributed by atoms with Crippen molar-refractivity contribution in [3.63, 3.8) is 0 Å². The number of nitrogens with one attached hydrogen (secondary N) is 1. The standard InChI is InChI=1S/C22H29NO2/c1-6-17-10-9-11-18(7-2)21(17)23-22(24)19(8-3)25-20-13-12-15(4)14-16(20)5/h9-14,19H,6-8H2,1-5H3,(H,23,24). The zero-order valence-corrected chi connectivity index (χ0v) is 16.0. The fourth-order valence-corrected chi connectivity index (χ4v) is 3.01. The summed E-state index contributed by atoms with van der Waals surface area (Å²) >= 11 is 0. The topological polar surface area (TPSA) is 38.3 Å². The van der Waals surface area contributed by atoms with Crippen LogP contribution in [-0.2, 0) is 17.6 Å². The highest BCUT2D eigenvalue weighted by Gasteiger charge is 2.21. The second kappa shape index (κ2) is 8.70. The average Bonchev–Trinajstić information content (AvgIpc) is 2.61. The van der Waals surface area contributed by atoms with Crippen molar-refractivity contribution in [1.82, 2.24) is 0 Å². The number of hydrogen-bond donors (Lipinski definition) is 1. The second-order valence-corrected chi connectivity index (χ2v) is 6.43. The monoisotopic (exact) mass is 339 g/mol. The molecule has 0 aliphatic heterocycles. The Bertz CT molecular complexity index is 715. The van der Waals surface area contributed by atoms with Gasteiger partial charge >= 0.3 is 0 Å². The molecule has 2 aromatic rings. The zero-order valence-electron chi connectivity index (χ0n) is 16.0. The first-order valence-electron chi connectivity index (χ1n) is 9.15. The summed E-state index contributed by atoms with van der Waals surface area (Å²) < 4.78 is 6.02. The molecule has 0 saturated carbocycles. The van der Waals surface area contributed by atoms with Crippen LogP contribution in [0.15, 0.2) is 36.4 Å². The number of aryl methyl sites for hydroxylation is 4. The molecular formula is C22H29NO2. The molecule has 0 bridgehead atoms. The van der Waals surface area contributed by atoms with E-state index in [9.17, 15) is 4.79 Å². The smallest absolute Gasteiger partial charge is 0.265 e. The summed E-state index contributed by atoms with van der Waals surface area (Å²) in [7, 11) is 0. The lowest BCUT2D eigenvalue weighted by Crippen LogP contribution is -2.33. The third-order valence-electron chi connectivity index (χ3n) is 4.51. The van der Waals surface area contributed by atoms with Crippen LogP contribution in [0.1, 0.15) is 49.4 Å². The molecule has 2 rings (SSSR count). The van der Waals surface area contributed by atoms with E-state index >= 15 is 0 Å². The molecule has 0 radical (unpaired) electrons. The van der Waals surface area contributed by atoms with E-state index in [1.807, 2.05) is 26.0 Å². The number of carbonyl (C=O) groups is 1. The predicted octanol–water partition coefficient (Wildman–Crippen LogP) is 5.22. The fraction of sp³-hybridized carbons (Fsp3) is 0.409. The summed E-state index contributed by atoms with van der Waals surface area (Å²) in [6, 6.07) is 12.2. The molecule has 1 amide bonds.